The third-order valence-electron chi connectivity index (χ3n) is 5.05. The molecule has 1 heterocycles. The lowest BCUT2D eigenvalue weighted by Gasteiger charge is -2.39. The summed E-state index contributed by atoms with van der Waals surface area (Å²) < 4.78 is 5.68. The summed E-state index contributed by atoms with van der Waals surface area (Å²) in [6.07, 6.45) is 8.01. The molecule has 1 atom stereocenters. The maximum absolute atomic E-state index is 5.85. The van der Waals surface area contributed by atoms with Gasteiger partial charge in [0.05, 0.1) is 12.3 Å². The number of benzene rings is 1. The van der Waals surface area contributed by atoms with Crippen molar-refractivity contribution in [3.63, 3.8) is 0 Å². The second kappa shape index (κ2) is 8.05. The molecule has 0 saturated heterocycles. The van der Waals surface area contributed by atoms with Crippen LogP contribution in [-0.2, 0) is 0 Å². The average molecular weight is 357 g/mol. The van der Waals surface area contributed by atoms with Crippen molar-refractivity contribution in [3.8, 4) is 0 Å². The number of hydrogen-bond donors (Lipinski definition) is 1. The molecule has 1 aromatic heterocycles. The Balaban J connectivity index is 1.83. The van der Waals surface area contributed by atoms with Gasteiger partial charge in [0.1, 0.15) is 5.76 Å². The highest BCUT2D eigenvalue weighted by Crippen LogP contribution is 2.31. The first kappa shape index (κ1) is 18.0. The lowest BCUT2D eigenvalue weighted by Crippen LogP contribution is -2.45. The molecule has 0 aliphatic heterocycles. The second-order valence-electron chi connectivity index (χ2n) is 7.20. The Morgan fingerprint density at radius 2 is 1.84 bits per heavy atom. The molecule has 0 unspecified atom stereocenters. The van der Waals surface area contributed by atoms with Crippen LogP contribution in [0.3, 0.4) is 0 Å². The first-order valence-corrected chi connectivity index (χ1v) is 9.66. The first-order chi connectivity index (χ1) is 12.0. The van der Waals surface area contributed by atoms with Gasteiger partial charge in [0.25, 0.3) is 0 Å². The van der Waals surface area contributed by atoms with Crippen LogP contribution in [0.1, 0.15) is 62.0 Å². The Bertz CT molecular complexity index is 684. The maximum atomic E-state index is 5.85. The molecule has 1 saturated carbocycles. The van der Waals surface area contributed by atoms with Crippen molar-refractivity contribution in [2.24, 2.45) is 0 Å². The highest BCUT2D eigenvalue weighted by molar-refractivity contribution is 7.80. The summed E-state index contributed by atoms with van der Waals surface area (Å²) in [5.74, 6) is 0.968. The van der Waals surface area contributed by atoms with E-state index >= 15 is 0 Å². The van der Waals surface area contributed by atoms with Gasteiger partial charge in [-0.3, -0.25) is 0 Å². The van der Waals surface area contributed by atoms with Crippen molar-refractivity contribution >= 4 is 23.0 Å². The SMILES string of the molecule is Cc1cc(C)cc(NC(=S)N(C2CCCCC2)[C@H](C)c2ccco2)c1. The molecule has 3 nitrogen and oxygen atoms in total. The standard InChI is InChI=1S/C21H28N2OS/c1-15-12-16(2)14-18(13-15)22-21(25)23(19-8-5-4-6-9-19)17(3)20-10-7-11-24-20/h7,10-14,17,19H,4-6,8-9H2,1-3H3,(H,22,25)/t17-/m1/s1. The molecule has 3 rings (SSSR count). The topological polar surface area (TPSA) is 28.4 Å². The van der Waals surface area contributed by atoms with Crippen LogP contribution in [-0.4, -0.2) is 16.1 Å². The van der Waals surface area contributed by atoms with Crippen LogP contribution < -0.4 is 5.32 Å². The highest BCUT2D eigenvalue weighted by Gasteiger charge is 2.29. The highest BCUT2D eigenvalue weighted by atomic mass is 32.1. The summed E-state index contributed by atoms with van der Waals surface area (Å²) in [6, 6.07) is 11.1. The Labute approximate surface area is 156 Å². The molecule has 1 aliphatic carbocycles. The second-order valence-corrected chi connectivity index (χ2v) is 7.58. The fourth-order valence-corrected chi connectivity index (χ4v) is 4.34. The van der Waals surface area contributed by atoms with E-state index < -0.39 is 0 Å². The van der Waals surface area contributed by atoms with Crippen molar-refractivity contribution < 1.29 is 4.42 Å². The van der Waals surface area contributed by atoms with Gasteiger partial charge in [0.15, 0.2) is 5.11 Å². The Hall–Kier alpha value is -1.81. The lowest BCUT2D eigenvalue weighted by atomic mass is 9.93. The number of rotatable bonds is 4. The molecular weight excluding hydrogens is 328 g/mol. The normalized spacial score (nSPS) is 16.4. The van der Waals surface area contributed by atoms with Crippen molar-refractivity contribution in [1.82, 2.24) is 4.90 Å². The lowest BCUT2D eigenvalue weighted by molar-refractivity contribution is 0.186. The Morgan fingerprint density at radius 3 is 2.44 bits per heavy atom. The van der Waals surface area contributed by atoms with E-state index in [0.717, 1.165) is 16.6 Å². The molecule has 1 N–H and O–H groups in total. The molecule has 0 spiro atoms. The van der Waals surface area contributed by atoms with E-state index in [1.165, 1.54) is 43.2 Å². The molecule has 0 bridgehead atoms. The Kier molecular flexibility index (Phi) is 5.79. The zero-order chi connectivity index (χ0) is 17.8. The van der Waals surface area contributed by atoms with E-state index in [2.05, 4.69) is 49.2 Å². The number of nitrogens with one attached hydrogen (secondary N) is 1. The third-order valence-corrected chi connectivity index (χ3v) is 5.36. The molecule has 25 heavy (non-hydrogen) atoms. The predicted octanol–water partition coefficient (Wildman–Crippen LogP) is 5.99. The zero-order valence-electron chi connectivity index (χ0n) is 15.4. The van der Waals surface area contributed by atoms with Crippen LogP contribution in [0.5, 0.6) is 0 Å². The van der Waals surface area contributed by atoms with Crippen LogP contribution in [0.25, 0.3) is 0 Å². The first-order valence-electron chi connectivity index (χ1n) is 9.25. The van der Waals surface area contributed by atoms with Gasteiger partial charge in [-0.05, 0) is 81.2 Å². The minimum absolute atomic E-state index is 0.129. The van der Waals surface area contributed by atoms with E-state index in [4.69, 9.17) is 16.6 Å². The van der Waals surface area contributed by atoms with Crippen LogP contribution >= 0.6 is 12.2 Å². The summed E-state index contributed by atoms with van der Waals surface area (Å²) in [6.45, 7) is 6.42. The van der Waals surface area contributed by atoms with E-state index in [-0.39, 0.29) is 6.04 Å². The third kappa shape index (κ3) is 4.43. The zero-order valence-corrected chi connectivity index (χ0v) is 16.2. The quantitative estimate of drug-likeness (QED) is 0.681. The molecule has 1 fully saturated rings. The van der Waals surface area contributed by atoms with Gasteiger partial charge >= 0.3 is 0 Å². The minimum Gasteiger partial charge on any atom is -0.467 e. The van der Waals surface area contributed by atoms with Crippen molar-refractivity contribution in [1.29, 1.82) is 0 Å². The van der Waals surface area contributed by atoms with Gasteiger partial charge < -0.3 is 14.6 Å². The monoisotopic (exact) mass is 356 g/mol. The number of thiocarbonyl (C=S) groups is 1. The van der Waals surface area contributed by atoms with Crippen LogP contribution in [0.4, 0.5) is 5.69 Å². The largest absolute Gasteiger partial charge is 0.467 e. The molecule has 0 radical (unpaired) electrons. The molecule has 1 aromatic carbocycles. The fourth-order valence-electron chi connectivity index (χ4n) is 3.92. The smallest absolute Gasteiger partial charge is 0.174 e. The van der Waals surface area contributed by atoms with Crippen molar-refractivity contribution in [2.75, 3.05) is 5.32 Å². The van der Waals surface area contributed by atoms with Gasteiger partial charge in [-0.25, -0.2) is 0 Å². The van der Waals surface area contributed by atoms with Crippen molar-refractivity contribution in [3.05, 3.63) is 53.5 Å². The van der Waals surface area contributed by atoms with Crippen LogP contribution in [0.15, 0.2) is 41.0 Å². The van der Waals surface area contributed by atoms with Crippen LogP contribution in [0, 0.1) is 13.8 Å². The summed E-state index contributed by atoms with van der Waals surface area (Å²) in [5.41, 5.74) is 3.55. The minimum atomic E-state index is 0.129. The van der Waals surface area contributed by atoms with E-state index in [0.29, 0.717) is 6.04 Å². The summed E-state index contributed by atoms with van der Waals surface area (Å²) in [7, 11) is 0. The number of nitrogens with zero attached hydrogens (tertiary/aromatic N) is 1. The van der Waals surface area contributed by atoms with Gasteiger partial charge in [-0.15, -0.1) is 0 Å². The van der Waals surface area contributed by atoms with E-state index in [9.17, 15) is 0 Å². The molecule has 1 aliphatic rings. The number of hydrogen-bond acceptors (Lipinski definition) is 2. The van der Waals surface area contributed by atoms with E-state index in [1.807, 2.05) is 12.1 Å². The number of furan rings is 1. The van der Waals surface area contributed by atoms with Crippen LogP contribution in [0.2, 0.25) is 0 Å². The summed E-state index contributed by atoms with van der Waals surface area (Å²) in [4.78, 5) is 2.35. The molecule has 134 valence electrons. The van der Waals surface area contributed by atoms with E-state index in [1.54, 1.807) is 6.26 Å². The summed E-state index contributed by atoms with van der Waals surface area (Å²) in [5, 5.41) is 4.27. The summed E-state index contributed by atoms with van der Waals surface area (Å²) >= 11 is 5.85. The molecule has 4 heteroatoms. The van der Waals surface area contributed by atoms with Gasteiger partial charge in [0, 0.05) is 11.7 Å². The molecule has 2 aromatic rings. The average Bonchev–Trinajstić information content (AvgIpc) is 3.09. The number of anilines is 1. The van der Waals surface area contributed by atoms with Gasteiger partial charge in [-0.2, -0.15) is 0 Å². The van der Waals surface area contributed by atoms with Gasteiger partial charge in [-0.1, -0.05) is 25.3 Å². The number of aryl methyl sites for hydroxylation is 2. The maximum Gasteiger partial charge on any atom is 0.174 e. The van der Waals surface area contributed by atoms with Gasteiger partial charge in [0.2, 0.25) is 0 Å². The predicted molar refractivity (Wildman–Crippen MR) is 108 cm³/mol. The molecule has 0 amide bonds. The Morgan fingerprint density at radius 1 is 1.16 bits per heavy atom. The molecular formula is C21H28N2OS. The fraction of sp³-hybridized carbons (Fsp3) is 0.476. The van der Waals surface area contributed by atoms with Crippen molar-refractivity contribution in [2.45, 2.75) is 65.0 Å².